The van der Waals surface area contributed by atoms with Crippen LogP contribution in [0.4, 0.5) is 0 Å². The van der Waals surface area contributed by atoms with E-state index >= 15 is 0 Å². The molecule has 1 atom stereocenters. The summed E-state index contributed by atoms with van der Waals surface area (Å²) in [5, 5.41) is 0. The molecule has 1 heterocycles. The molecule has 0 aromatic rings. The molecule has 0 aromatic heterocycles. The Kier molecular flexibility index (Phi) is 5.25. The van der Waals surface area contributed by atoms with Crippen molar-refractivity contribution in [1.29, 1.82) is 0 Å². The van der Waals surface area contributed by atoms with Gasteiger partial charge in [-0.25, -0.2) is 4.72 Å². The maximum atomic E-state index is 12.1. The van der Waals surface area contributed by atoms with Crippen molar-refractivity contribution in [2.75, 3.05) is 25.5 Å². The quantitative estimate of drug-likeness (QED) is 0.782. The summed E-state index contributed by atoms with van der Waals surface area (Å²) >= 11 is 5.78. The van der Waals surface area contributed by atoms with Crippen LogP contribution in [0.5, 0.6) is 0 Å². The first-order valence-corrected chi connectivity index (χ1v) is 8.05. The van der Waals surface area contributed by atoms with Gasteiger partial charge >= 0.3 is 0 Å². The van der Waals surface area contributed by atoms with Crippen LogP contribution in [0, 0.1) is 11.3 Å². The van der Waals surface area contributed by atoms with E-state index in [0.717, 1.165) is 12.8 Å². The number of piperidine rings is 1. The van der Waals surface area contributed by atoms with Crippen molar-refractivity contribution in [1.82, 2.24) is 9.03 Å². The molecule has 1 aliphatic heterocycles. The number of rotatable bonds is 5. The molecular formula is C11H23ClN2O2S. The van der Waals surface area contributed by atoms with Gasteiger partial charge in [0.25, 0.3) is 10.2 Å². The highest BCUT2D eigenvalue weighted by molar-refractivity contribution is 7.87. The van der Waals surface area contributed by atoms with Gasteiger partial charge < -0.3 is 0 Å². The molecule has 1 fully saturated rings. The Bertz CT molecular complexity index is 343. The maximum Gasteiger partial charge on any atom is 0.279 e. The van der Waals surface area contributed by atoms with Crippen molar-refractivity contribution < 1.29 is 8.42 Å². The van der Waals surface area contributed by atoms with Crippen LogP contribution in [0.15, 0.2) is 0 Å². The van der Waals surface area contributed by atoms with Crippen LogP contribution in [-0.2, 0) is 10.2 Å². The number of alkyl halides is 1. The molecule has 0 saturated carbocycles. The molecule has 1 unspecified atom stereocenters. The van der Waals surface area contributed by atoms with Crippen LogP contribution in [0.2, 0.25) is 0 Å². The molecule has 102 valence electrons. The van der Waals surface area contributed by atoms with Crippen LogP contribution in [0.1, 0.15) is 33.6 Å². The first kappa shape index (κ1) is 15.2. The van der Waals surface area contributed by atoms with Crippen LogP contribution in [0.3, 0.4) is 0 Å². The normalized spacial score (nSPS) is 23.9. The molecule has 0 spiro atoms. The monoisotopic (exact) mass is 282 g/mol. The van der Waals surface area contributed by atoms with Gasteiger partial charge in [-0.1, -0.05) is 20.8 Å². The van der Waals surface area contributed by atoms with E-state index in [0.29, 0.717) is 31.4 Å². The zero-order valence-corrected chi connectivity index (χ0v) is 12.4. The van der Waals surface area contributed by atoms with Gasteiger partial charge in [-0.2, -0.15) is 12.7 Å². The second kappa shape index (κ2) is 5.87. The van der Waals surface area contributed by atoms with Crippen molar-refractivity contribution in [2.24, 2.45) is 11.3 Å². The molecule has 17 heavy (non-hydrogen) atoms. The molecule has 1 aliphatic rings. The zero-order chi connectivity index (χ0) is 13.1. The predicted molar refractivity (Wildman–Crippen MR) is 71.4 cm³/mol. The Balaban J connectivity index is 2.56. The van der Waals surface area contributed by atoms with Crippen LogP contribution in [-0.4, -0.2) is 38.2 Å². The van der Waals surface area contributed by atoms with Gasteiger partial charge in [-0.05, 0) is 24.2 Å². The second-order valence-corrected chi connectivity index (χ2v) is 7.75. The van der Waals surface area contributed by atoms with E-state index in [1.165, 1.54) is 0 Å². The lowest BCUT2D eigenvalue weighted by atomic mass is 9.97. The van der Waals surface area contributed by atoms with Crippen LogP contribution in [0.25, 0.3) is 0 Å². The van der Waals surface area contributed by atoms with Crippen molar-refractivity contribution in [2.45, 2.75) is 33.6 Å². The molecule has 1 N–H and O–H groups in total. The van der Waals surface area contributed by atoms with E-state index < -0.39 is 10.2 Å². The van der Waals surface area contributed by atoms with Gasteiger partial charge in [0.1, 0.15) is 0 Å². The van der Waals surface area contributed by atoms with E-state index in [2.05, 4.69) is 11.6 Å². The fourth-order valence-corrected chi connectivity index (χ4v) is 3.46. The first-order chi connectivity index (χ1) is 7.77. The predicted octanol–water partition coefficient (Wildman–Crippen LogP) is 1.82. The fourth-order valence-electron chi connectivity index (χ4n) is 1.79. The number of nitrogens with one attached hydrogen (secondary N) is 1. The maximum absolute atomic E-state index is 12.1. The van der Waals surface area contributed by atoms with Crippen LogP contribution < -0.4 is 4.72 Å². The molecule has 1 saturated heterocycles. The van der Waals surface area contributed by atoms with Gasteiger partial charge in [0.2, 0.25) is 0 Å². The number of hydrogen-bond acceptors (Lipinski definition) is 2. The van der Waals surface area contributed by atoms with E-state index in [4.69, 9.17) is 11.6 Å². The van der Waals surface area contributed by atoms with Crippen molar-refractivity contribution in [3.63, 3.8) is 0 Å². The molecule has 0 amide bonds. The minimum absolute atomic E-state index is 0.212. The third-order valence-electron chi connectivity index (χ3n) is 3.05. The van der Waals surface area contributed by atoms with Crippen molar-refractivity contribution in [3.8, 4) is 0 Å². The van der Waals surface area contributed by atoms with E-state index in [9.17, 15) is 8.42 Å². The summed E-state index contributed by atoms with van der Waals surface area (Å²) in [6, 6.07) is 0. The fraction of sp³-hybridized carbons (Fsp3) is 1.00. The number of halogens is 1. The molecule has 1 rings (SSSR count). The third kappa shape index (κ3) is 4.73. The lowest BCUT2D eigenvalue weighted by Gasteiger charge is -2.31. The Hall–Kier alpha value is 0.160. The standard InChI is InChI=1S/C11H23ClN2O2S/c1-10-5-4-6-14(7-10)17(15,16)13-9-11(2,3)8-12/h10,13H,4-9H2,1-3H3. The highest BCUT2D eigenvalue weighted by atomic mass is 35.5. The summed E-state index contributed by atoms with van der Waals surface area (Å²) in [6.07, 6.45) is 2.06. The number of hydrogen-bond donors (Lipinski definition) is 1. The topological polar surface area (TPSA) is 49.4 Å². The van der Waals surface area contributed by atoms with E-state index in [1.54, 1.807) is 4.31 Å². The average Bonchev–Trinajstić information content (AvgIpc) is 2.27. The van der Waals surface area contributed by atoms with Gasteiger partial charge in [-0.3, -0.25) is 0 Å². The highest BCUT2D eigenvalue weighted by Gasteiger charge is 2.28. The summed E-state index contributed by atoms with van der Waals surface area (Å²) in [5.74, 6) is 0.882. The van der Waals surface area contributed by atoms with E-state index in [1.807, 2.05) is 13.8 Å². The molecule has 0 aliphatic carbocycles. The summed E-state index contributed by atoms with van der Waals surface area (Å²) in [4.78, 5) is 0. The summed E-state index contributed by atoms with van der Waals surface area (Å²) in [7, 11) is -3.33. The largest absolute Gasteiger partial charge is 0.279 e. The van der Waals surface area contributed by atoms with Crippen molar-refractivity contribution in [3.05, 3.63) is 0 Å². The lowest BCUT2D eigenvalue weighted by Crippen LogP contribution is -2.47. The lowest BCUT2D eigenvalue weighted by molar-refractivity contribution is 0.275. The first-order valence-electron chi connectivity index (χ1n) is 6.07. The summed E-state index contributed by atoms with van der Waals surface area (Å²) in [5.41, 5.74) is -0.212. The molecular weight excluding hydrogens is 260 g/mol. The Morgan fingerprint density at radius 1 is 1.47 bits per heavy atom. The van der Waals surface area contributed by atoms with E-state index in [-0.39, 0.29) is 5.41 Å². The second-order valence-electron chi connectivity index (χ2n) is 5.73. The van der Waals surface area contributed by atoms with Gasteiger partial charge in [0, 0.05) is 25.5 Å². The minimum Gasteiger partial charge on any atom is -0.202 e. The molecule has 6 heteroatoms. The molecule has 4 nitrogen and oxygen atoms in total. The Morgan fingerprint density at radius 2 is 2.12 bits per heavy atom. The van der Waals surface area contributed by atoms with Crippen molar-refractivity contribution >= 4 is 21.8 Å². The SMILES string of the molecule is CC1CCCN(S(=O)(=O)NCC(C)(C)CCl)C1. The van der Waals surface area contributed by atoms with Gasteiger partial charge in [0.15, 0.2) is 0 Å². The summed E-state index contributed by atoms with van der Waals surface area (Å²) in [6.45, 7) is 7.61. The highest BCUT2D eigenvalue weighted by Crippen LogP contribution is 2.19. The number of nitrogens with zero attached hydrogens (tertiary/aromatic N) is 1. The smallest absolute Gasteiger partial charge is 0.202 e. The Labute approximate surface area is 110 Å². The Morgan fingerprint density at radius 3 is 2.65 bits per heavy atom. The van der Waals surface area contributed by atoms with Gasteiger partial charge in [-0.15, -0.1) is 11.6 Å². The molecule has 0 radical (unpaired) electrons. The van der Waals surface area contributed by atoms with Gasteiger partial charge in [0.05, 0.1) is 0 Å². The molecule has 0 bridgehead atoms. The molecule has 0 aromatic carbocycles. The third-order valence-corrected chi connectivity index (χ3v) is 5.30. The average molecular weight is 283 g/mol. The van der Waals surface area contributed by atoms with Crippen LogP contribution >= 0.6 is 11.6 Å². The zero-order valence-electron chi connectivity index (χ0n) is 10.9. The summed E-state index contributed by atoms with van der Waals surface area (Å²) < 4.78 is 28.3. The minimum atomic E-state index is -3.33.